The van der Waals surface area contributed by atoms with Gasteiger partial charge in [-0.3, -0.25) is 0 Å². The molecule has 0 bridgehead atoms. The average molecular weight is 242 g/mol. The van der Waals surface area contributed by atoms with Crippen molar-refractivity contribution in [3.63, 3.8) is 0 Å². The summed E-state index contributed by atoms with van der Waals surface area (Å²) in [4.78, 5) is 2.51. The molecule has 0 heterocycles. The van der Waals surface area contributed by atoms with Gasteiger partial charge >= 0.3 is 0 Å². The quantitative estimate of drug-likeness (QED) is 0.599. The minimum atomic E-state index is 0.735. The van der Waals surface area contributed by atoms with Gasteiger partial charge in [-0.05, 0) is 58.7 Å². The molecule has 0 rings (SSSR count). The number of hydrogen-bond donors (Lipinski definition) is 1. The second-order valence-corrected chi connectivity index (χ2v) is 5.49. The molecular weight excluding hydrogens is 208 g/mol. The van der Waals surface area contributed by atoms with Crippen molar-refractivity contribution >= 4 is 0 Å². The summed E-state index contributed by atoms with van der Waals surface area (Å²) in [5, 5.41) is 0. The third-order valence-corrected chi connectivity index (χ3v) is 3.85. The lowest BCUT2D eigenvalue weighted by Crippen LogP contribution is -2.30. The van der Waals surface area contributed by atoms with E-state index in [0.717, 1.165) is 18.5 Å². The van der Waals surface area contributed by atoms with Crippen molar-refractivity contribution in [3.05, 3.63) is 0 Å². The fraction of sp³-hybridized carbons (Fsp3) is 1.00. The molecule has 0 aromatic rings. The van der Waals surface area contributed by atoms with Crippen molar-refractivity contribution in [2.24, 2.45) is 11.7 Å². The van der Waals surface area contributed by atoms with Crippen LogP contribution in [0.2, 0.25) is 0 Å². The zero-order valence-corrected chi connectivity index (χ0v) is 12.5. The van der Waals surface area contributed by atoms with Gasteiger partial charge in [0.1, 0.15) is 0 Å². The van der Waals surface area contributed by atoms with Crippen molar-refractivity contribution < 1.29 is 0 Å². The van der Waals surface area contributed by atoms with Gasteiger partial charge in [-0.15, -0.1) is 0 Å². The number of hydrogen-bond acceptors (Lipinski definition) is 2. The van der Waals surface area contributed by atoms with Gasteiger partial charge in [0.2, 0.25) is 0 Å². The van der Waals surface area contributed by atoms with Crippen molar-refractivity contribution in [1.29, 1.82) is 0 Å². The monoisotopic (exact) mass is 242 g/mol. The van der Waals surface area contributed by atoms with Crippen LogP contribution in [-0.4, -0.2) is 31.1 Å². The first kappa shape index (κ1) is 16.9. The Hall–Kier alpha value is -0.0800. The molecule has 2 atom stereocenters. The maximum atomic E-state index is 5.67. The van der Waals surface area contributed by atoms with Gasteiger partial charge in [0.05, 0.1) is 0 Å². The van der Waals surface area contributed by atoms with Crippen LogP contribution in [0.3, 0.4) is 0 Å². The van der Waals surface area contributed by atoms with Gasteiger partial charge in [0.25, 0.3) is 0 Å². The number of nitrogens with two attached hydrogens (primary N) is 1. The molecule has 0 saturated heterocycles. The molecule has 0 aromatic carbocycles. The summed E-state index contributed by atoms with van der Waals surface area (Å²) in [6.07, 6.45) is 9.15. The van der Waals surface area contributed by atoms with E-state index in [4.69, 9.17) is 5.73 Å². The molecule has 17 heavy (non-hydrogen) atoms. The summed E-state index contributed by atoms with van der Waals surface area (Å²) in [5.41, 5.74) is 5.67. The van der Waals surface area contributed by atoms with Gasteiger partial charge in [-0.1, -0.05) is 33.1 Å². The highest BCUT2D eigenvalue weighted by Gasteiger charge is 2.10. The average Bonchev–Trinajstić information content (AvgIpc) is 2.29. The molecule has 0 spiro atoms. The van der Waals surface area contributed by atoms with E-state index in [1.165, 1.54) is 51.5 Å². The molecule has 2 heteroatoms. The predicted molar refractivity (Wildman–Crippen MR) is 78.3 cm³/mol. The van der Waals surface area contributed by atoms with Crippen LogP contribution in [0, 0.1) is 5.92 Å². The smallest absolute Gasteiger partial charge is 0.00637 e. The molecule has 2 unspecified atom stereocenters. The summed E-state index contributed by atoms with van der Waals surface area (Å²) >= 11 is 0. The maximum Gasteiger partial charge on any atom is 0.00637 e. The Kier molecular flexibility index (Phi) is 11.0. The van der Waals surface area contributed by atoms with Crippen LogP contribution in [0.25, 0.3) is 0 Å². The number of rotatable bonds is 11. The first-order valence-electron chi connectivity index (χ1n) is 7.55. The van der Waals surface area contributed by atoms with E-state index in [-0.39, 0.29) is 0 Å². The lowest BCUT2D eigenvalue weighted by atomic mass is 9.94. The third kappa shape index (κ3) is 8.62. The molecule has 0 amide bonds. The van der Waals surface area contributed by atoms with Crippen LogP contribution in [0.4, 0.5) is 0 Å². The molecule has 0 saturated carbocycles. The molecule has 0 radical (unpaired) electrons. The van der Waals surface area contributed by atoms with Gasteiger partial charge < -0.3 is 10.6 Å². The highest BCUT2D eigenvalue weighted by Crippen LogP contribution is 2.17. The van der Waals surface area contributed by atoms with Crippen LogP contribution >= 0.6 is 0 Å². The van der Waals surface area contributed by atoms with E-state index in [1.54, 1.807) is 0 Å². The zero-order valence-electron chi connectivity index (χ0n) is 12.5. The van der Waals surface area contributed by atoms with E-state index >= 15 is 0 Å². The molecule has 0 aliphatic carbocycles. The topological polar surface area (TPSA) is 29.3 Å². The van der Waals surface area contributed by atoms with Crippen LogP contribution in [-0.2, 0) is 0 Å². The van der Waals surface area contributed by atoms with E-state index in [9.17, 15) is 0 Å². The van der Waals surface area contributed by atoms with Crippen molar-refractivity contribution in [2.45, 2.75) is 71.8 Å². The normalized spacial score (nSPS) is 15.2. The van der Waals surface area contributed by atoms with Crippen LogP contribution in [0.5, 0.6) is 0 Å². The van der Waals surface area contributed by atoms with Gasteiger partial charge in [-0.2, -0.15) is 0 Å². The Balaban J connectivity index is 3.70. The highest BCUT2D eigenvalue weighted by atomic mass is 15.1. The van der Waals surface area contributed by atoms with Crippen molar-refractivity contribution in [3.8, 4) is 0 Å². The fourth-order valence-corrected chi connectivity index (χ4v) is 2.56. The summed E-state index contributed by atoms with van der Waals surface area (Å²) < 4.78 is 0. The van der Waals surface area contributed by atoms with E-state index in [2.05, 4.69) is 32.7 Å². The Labute approximate surface area is 109 Å². The Morgan fingerprint density at radius 2 is 1.65 bits per heavy atom. The predicted octanol–water partition coefficient (Wildman–Crippen LogP) is 3.65. The van der Waals surface area contributed by atoms with E-state index in [1.807, 2.05) is 0 Å². The molecule has 0 aliphatic rings. The van der Waals surface area contributed by atoms with Crippen LogP contribution in [0.15, 0.2) is 0 Å². The molecule has 0 fully saturated rings. The summed E-state index contributed by atoms with van der Waals surface area (Å²) in [7, 11) is 2.26. The summed E-state index contributed by atoms with van der Waals surface area (Å²) in [6, 6.07) is 0.735. The Morgan fingerprint density at radius 1 is 1.00 bits per heavy atom. The van der Waals surface area contributed by atoms with Crippen LogP contribution in [0.1, 0.15) is 65.7 Å². The molecule has 0 aromatic heterocycles. The molecule has 2 nitrogen and oxygen atoms in total. The lowest BCUT2D eigenvalue weighted by Gasteiger charge is -2.25. The van der Waals surface area contributed by atoms with Gasteiger partial charge in [0, 0.05) is 6.04 Å². The van der Waals surface area contributed by atoms with Crippen molar-refractivity contribution in [2.75, 3.05) is 20.1 Å². The fourth-order valence-electron chi connectivity index (χ4n) is 2.56. The molecule has 104 valence electrons. The lowest BCUT2D eigenvalue weighted by molar-refractivity contribution is 0.232. The standard InChI is InChI=1S/C15H34N2/c1-5-8-14(3)17(4)13-7-10-15(9-6-2)11-12-16/h14-15H,5-13,16H2,1-4H3. The number of nitrogens with zero attached hydrogens (tertiary/aromatic N) is 1. The highest BCUT2D eigenvalue weighted by molar-refractivity contribution is 4.65. The summed E-state index contributed by atoms with van der Waals surface area (Å²) in [6.45, 7) is 8.98. The largest absolute Gasteiger partial charge is 0.330 e. The third-order valence-electron chi connectivity index (χ3n) is 3.85. The first-order valence-corrected chi connectivity index (χ1v) is 7.55. The minimum absolute atomic E-state index is 0.735. The zero-order chi connectivity index (χ0) is 13.1. The molecule has 0 aliphatic heterocycles. The van der Waals surface area contributed by atoms with Crippen LogP contribution < -0.4 is 5.73 Å². The Morgan fingerprint density at radius 3 is 2.18 bits per heavy atom. The second-order valence-electron chi connectivity index (χ2n) is 5.49. The van der Waals surface area contributed by atoms with Gasteiger partial charge in [0.15, 0.2) is 0 Å². The maximum absolute atomic E-state index is 5.67. The minimum Gasteiger partial charge on any atom is -0.330 e. The second kappa shape index (κ2) is 11.0. The molecule has 2 N–H and O–H groups in total. The van der Waals surface area contributed by atoms with E-state index < -0.39 is 0 Å². The van der Waals surface area contributed by atoms with Gasteiger partial charge in [-0.25, -0.2) is 0 Å². The SMILES string of the molecule is CCCC(CCN)CCCN(C)C(C)CCC. The van der Waals surface area contributed by atoms with Crippen molar-refractivity contribution in [1.82, 2.24) is 4.90 Å². The summed E-state index contributed by atoms with van der Waals surface area (Å²) in [5.74, 6) is 0.861. The van der Waals surface area contributed by atoms with E-state index in [0.29, 0.717) is 0 Å². The first-order chi connectivity index (χ1) is 8.15. The Bertz CT molecular complexity index is 153. The molecular formula is C15H34N2.